The fraction of sp³-hybridized carbons (Fsp3) is 0.364. The molecule has 0 radical (unpaired) electrons. The molecule has 0 saturated heterocycles. The number of amides is 2. The van der Waals surface area contributed by atoms with Gasteiger partial charge >= 0.3 is 0 Å². The van der Waals surface area contributed by atoms with Gasteiger partial charge in [0.25, 0.3) is 11.6 Å². The summed E-state index contributed by atoms with van der Waals surface area (Å²) in [6.45, 7) is 8.05. The summed E-state index contributed by atoms with van der Waals surface area (Å²) in [5.41, 5.74) is 6.33. The number of carbonyl (C=O) groups is 2. The summed E-state index contributed by atoms with van der Waals surface area (Å²) in [7, 11) is 0. The van der Waals surface area contributed by atoms with E-state index in [2.05, 4.69) is 10.9 Å². The highest BCUT2D eigenvalue weighted by atomic mass is 16.6. The fourth-order valence-corrected chi connectivity index (χ4v) is 2.76. The number of carbonyl (C=O) groups excluding carboxylic acids is 2. The maximum Gasteiger partial charge on any atom is 0.269 e. The van der Waals surface area contributed by atoms with Crippen LogP contribution in [0, 0.1) is 29.4 Å². The smallest absolute Gasteiger partial charge is 0.269 e. The first kappa shape index (κ1) is 22.9. The zero-order valence-electron chi connectivity index (χ0n) is 17.7. The van der Waals surface area contributed by atoms with Crippen molar-refractivity contribution in [3.8, 4) is 5.75 Å². The maximum atomic E-state index is 12.5. The van der Waals surface area contributed by atoms with Crippen molar-refractivity contribution < 1.29 is 19.2 Å². The van der Waals surface area contributed by atoms with Gasteiger partial charge in [-0.2, -0.15) is 0 Å². The molecule has 0 bridgehead atoms. The summed E-state index contributed by atoms with van der Waals surface area (Å²) in [6, 6.07) is 11.1. The van der Waals surface area contributed by atoms with Gasteiger partial charge in [-0.3, -0.25) is 30.6 Å². The third-order valence-corrected chi connectivity index (χ3v) is 4.79. The van der Waals surface area contributed by atoms with Crippen LogP contribution in [0.15, 0.2) is 42.5 Å². The molecule has 2 rings (SSSR count). The second kappa shape index (κ2) is 9.87. The second-order valence-electron chi connectivity index (χ2n) is 7.82. The highest BCUT2D eigenvalue weighted by Crippen LogP contribution is 2.24. The van der Waals surface area contributed by atoms with E-state index in [-0.39, 0.29) is 17.2 Å². The number of hydrogen-bond acceptors (Lipinski definition) is 5. The van der Waals surface area contributed by atoms with Crippen LogP contribution in [-0.4, -0.2) is 23.3 Å². The number of aryl methyl sites for hydroxylation is 2. The van der Waals surface area contributed by atoms with Crippen LogP contribution in [-0.2, 0) is 4.79 Å². The SMILES string of the molecule is Cc1ccc(C)c(OCCCC(C)(C)C(=O)NNC(=O)c2ccc([N+](=O)[O-])cc2)c1. The molecule has 0 aliphatic heterocycles. The fourth-order valence-electron chi connectivity index (χ4n) is 2.76. The minimum Gasteiger partial charge on any atom is -0.493 e. The molecule has 160 valence electrons. The Bertz CT molecular complexity index is 923. The van der Waals surface area contributed by atoms with Gasteiger partial charge in [0.05, 0.1) is 11.5 Å². The van der Waals surface area contributed by atoms with Crippen molar-refractivity contribution in [1.82, 2.24) is 10.9 Å². The second-order valence-corrected chi connectivity index (χ2v) is 7.82. The third kappa shape index (κ3) is 6.30. The number of nitrogens with one attached hydrogen (secondary N) is 2. The molecular formula is C22H27N3O5. The van der Waals surface area contributed by atoms with E-state index >= 15 is 0 Å². The molecular weight excluding hydrogens is 386 g/mol. The summed E-state index contributed by atoms with van der Waals surface area (Å²) in [5.74, 6) is -0.0376. The molecule has 2 aromatic carbocycles. The quantitative estimate of drug-likeness (QED) is 0.388. The van der Waals surface area contributed by atoms with Crippen LogP contribution < -0.4 is 15.6 Å². The molecule has 2 N–H and O–H groups in total. The van der Waals surface area contributed by atoms with E-state index in [1.54, 1.807) is 13.8 Å². The average molecular weight is 413 g/mol. The molecule has 2 amide bonds. The molecule has 0 aliphatic carbocycles. The lowest BCUT2D eigenvalue weighted by Crippen LogP contribution is -2.47. The van der Waals surface area contributed by atoms with Crippen LogP contribution in [0.25, 0.3) is 0 Å². The molecule has 0 aliphatic rings. The number of non-ortho nitro benzene ring substituents is 1. The van der Waals surface area contributed by atoms with E-state index in [1.807, 2.05) is 32.0 Å². The Morgan fingerprint density at radius 2 is 1.73 bits per heavy atom. The van der Waals surface area contributed by atoms with Crippen molar-refractivity contribution in [3.63, 3.8) is 0 Å². The molecule has 30 heavy (non-hydrogen) atoms. The zero-order valence-corrected chi connectivity index (χ0v) is 17.7. The van der Waals surface area contributed by atoms with Crippen molar-refractivity contribution in [3.05, 3.63) is 69.3 Å². The Morgan fingerprint density at radius 1 is 1.07 bits per heavy atom. The van der Waals surface area contributed by atoms with E-state index in [0.29, 0.717) is 19.4 Å². The Hall–Kier alpha value is -3.42. The third-order valence-electron chi connectivity index (χ3n) is 4.79. The molecule has 8 nitrogen and oxygen atoms in total. The van der Waals surface area contributed by atoms with Crippen molar-refractivity contribution in [2.24, 2.45) is 5.41 Å². The van der Waals surface area contributed by atoms with Crippen LogP contribution in [0.1, 0.15) is 48.2 Å². The van der Waals surface area contributed by atoms with E-state index < -0.39 is 16.2 Å². The van der Waals surface area contributed by atoms with E-state index in [0.717, 1.165) is 16.9 Å². The molecule has 0 saturated carbocycles. The molecule has 0 fully saturated rings. The lowest BCUT2D eigenvalue weighted by molar-refractivity contribution is -0.384. The van der Waals surface area contributed by atoms with Gasteiger partial charge in [-0.25, -0.2) is 0 Å². The Balaban J connectivity index is 1.79. The number of nitro groups is 1. The zero-order chi connectivity index (χ0) is 22.3. The summed E-state index contributed by atoms with van der Waals surface area (Å²) in [5, 5.41) is 10.7. The predicted octanol–water partition coefficient (Wildman–Crippen LogP) is 3.86. The summed E-state index contributed by atoms with van der Waals surface area (Å²) < 4.78 is 5.83. The van der Waals surface area contributed by atoms with Crippen molar-refractivity contribution in [1.29, 1.82) is 0 Å². The number of nitro benzene ring substituents is 1. The molecule has 0 heterocycles. The molecule has 0 spiro atoms. The summed E-state index contributed by atoms with van der Waals surface area (Å²) in [4.78, 5) is 34.7. The van der Waals surface area contributed by atoms with E-state index in [1.165, 1.54) is 24.3 Å². The van der Waals surface area contributed by atoms with Gasteiger partial charge in [-0.05, 0) is 56.0 Å². The summed E-state index contributed by atoms with van der Waals surface area (Å²) in [6.07, 6.45) is 1.24. The number of hydrazine groups is 1. The number of hydrogen-bond donors (Lipinski definition) is 2. The standard InChI is InChI=1S/C22H27N3O5/c1-15-6-7-16(2)19(14-15)30-13-5-12-22(3,4)21(27)24-23-20(26)17-8-10-18(11-9-17)25(28)29/h6-11,14H,5,12-13H2,1-4H3,(H,23,26)(H,24,27). The van der Waals surface area contributed by atoms with Gasteiger partial charge in [0, 0.05) is 23.1 Å². The van der Waals surface area contributed by atoms with Crippen molar-refractivity contribution in [2.75, 3.05) is 6.61 Å². The van der Waals surface area contributed by atoms with Gasteiger partial charge in [0.15, 0.2) is 0 Å². The Labute approximate surface area is 175 Å². The van der Waals surface area contributed by atoms with Crippen LogP contribution in [0.5, 0.6) is 5.75 Å². The summed E-state index contributed by atoms with van der Waals surface area (Å²) >= 11 is 0. The Morgan fingerprint density at radius 3 is 2.37 bits per heavy atom. The Kier molecular flexibility index (Phi) is 7.52. The average Bonchev–Trinajstić information content (AvgIpc) is 2.71. The van der Waals surface area contributed by atoms with Gasteiger partial charge in [0.2, 0.25) is 5.91 Å². The van der Waals surface area contributed by atoms with Gasteiger partial charge < -0.3 is 4.74 Å². The van der Waals surface area contributed by atoms with E-state index in [4.69, 9.17) is 4.74 Å². The molecule has 2 aromatic rings. The topological polar surface area (TPSA) is 111 Å². The number of benzene rings is 2. The van der Waals surface area contributed by atoms with Crippen LogP contribution >= 0.6 is 0 Å². The van der Waals surface area contributed by atoms with Gasteiger partial charge in [0.1, 0.15) is 5.75 Å². The normalized spacial score (nSPS) is 10.9. The first-order valence-corrected chi connectivity index (χ1v) is 9.65. The minimum atomic E-state index is -0.715. The molecule has 0 unspecified atom stereocenters. The van der Waals surface area contributed by atoms with Crippen LogP contribution in [0.2, 0.25) is 0 Å². The van der Waals surface area contributed by atoms with Crippen molar-refractivity contribution in [2.45, 2.75) is 40.5 Å². The first-order chi connectivity index (χ1) is 14.1. The van der Waals surface area contributed by atoms with Gasteiger partial charge in [-0.15, -0.1) is 0 Å². The van der Waals surface area contributed by atoms with Gasteiger partial charge in [-0.1, -0.05) is 26.0 Å². The monoisotopic (exact) mass is 413 g/mol. The lowest BCUT2D eigenvalue weighted by atomic mass is 9.87. The van der Waals surface area contributed by atoms with Crippen LogP contribution in [0.4, 0.5) is 5.69 Å². The largest absolute Gasteiger partial charge is 0.493 e. The van der Waals surface area contributed by atoms with E-state index in [9.17, 15) is 19.7 Å². The molecule has 0 aromatic heterocycles. The molecule has 0 atom stereocenters. The number of nitrogens with zero attached hydrogens (tertiary/aromatic N) is 1. The maximum absolute atomic E-state index is 12.5. The highest BCUT2D eigenvalue weighted by Gasteiger charge is 2.27. The lowest BCUT2D eigenvalue weighted by Gasteiger charge is -2.23. The van der Waals surface area contributed by atoms with Crippen molar-refractivity contribution >= 4 is 17.5 Å². The number of ether oxygens (including phenoxy) is 1. The number of rotatable bonds is 8. The highest BCUT2D eigenvalue weighted by molar-refractivity contribution is 5.96. The molecule has 8 heteroatoms. The van der Waals surface area contributed by atoms with Crippen LogP contribution in [0.3, 0.4) is 0 Å². The first-order valence-electron chi connectivity index (χ1n) is 9.65. The predicted molar refractivity (Wildman–Crippen MR) is 113 cm³/mol. The minimum absolute atomic E-state index is 0.111.